The van der Waals surface area contributed by atoms with Crippen molar-refractivity contribution in [3.63, 3.8) is 0 Å². The molecule has 0 atom stereocenters. The van der Waals surface area contributed by atoms with Crippen LogP contribution in [0.3, 0.4) is 0 Å². The van der Waals surface area contributed by atoms with Gasteiger partial charge in [0.15, 0.2) is 5.13 Å². The summed E-state index contributed by atoms with van der Waals surface area (Å²) in [5, 5.41) is 7.97. The molecule has 4 rings (SSSR count). The Kier molecular flexibility index (Phi) is 6.37. The largest absolute Gasteiger partial charge is 0.495 e. The molecule has 2 N–H and O–H groups in total. The molecule has 2 heterocycles. The Morgan fingerprint density at radius 1 is 1.09 bits per heavy atom. The summed E-state index contributed by atoms with van der Waals surface area (Å²) < 4.78 is 5.25. The van der Waals surface area contributed by atoms with E-state index in [2.05, 4.69) is 15.6 Å². The lowest BCUT2D eigenvalue weighted by molar-refractivity contribution is -0.120. The Morgan fingerprint density at radius 3 is 2.45 bits per heavy atom. The summed E-state index contributed by atoms with van der Waals surface area (Å²) in [6, 6.07) is 10.9. The van der Waals surface area contributed by atoms with Crippen LogP contribution < -0.4 is 20.3 Å². The molecule has 3 amide bonds. The number of nitrogens with one attached hydrogen (secondary N) is 2. The third-order valence-corrected chi connectivity index (χ3v) is 6.13. The Labute approximate surface area is 202 Å². The quantitative estimate of drug-likeness (QED) is 0.469. The second-order valence-electron chi connectivity index (χ2n) is 6.90. The molecule has 8 nitrogen and oxygen atoms in total. The van der Waals surface area contributed by atoms with Crippen molar-refractivity contribution in [1.29, 1.82) is 0 Å². The summed E-state index contributed by atoms with van der Waals surface area (Å²) in [7, 11) is 1.42. The van der Waals surface area contributed by atoms with Gasteiger partial charge in [-0.2, -0.15) is 0 Å². The van der Waals surface area contributed by atoms with E-state index >= 15 is 0 Å². The molecule has 1 aliphatic heterocycles. The fraction of sp³-hybridized carbons (Fsp3) is 0.0909. The number of amides is 3. The van der Waals surface area contributed by atoms with Gasteiger partial charge in [0.05, 0.1) is 18.5 Å². The highest BCUT2D eigenvalue weighted by Gasteiger charge is 2.40. The fourth-order valence-electron chi connectivity index (χ4n) is 3.10. The minimum Gasteiger partial charge on any atom is -0.495 e. The van der Waals surface area contributed by atoms with Crippen LogP contribution in [0.25, 0.3) is 0 Å². The predicted molar refractivity (Wildman–Crippen MR) is 128 cm³/mol. The normalized spacial score (nSPS) is 13.5. The molecule has 0 bridgehead atoms. The number of rotatable bonds is 6. The number of halogens is 2. The van der Waals surface area contributed by atoms with Crippen LogP contribution in [-0.4, -0.2) is 29.8 Å². The van der Waals surface area contributed by atoms with Gasteiger partial charge in [0, 0.05) is 21.7 Å². The van der Waals surface area contributed by atoms with Crippen molar-refractivity contribution < 1.29 is 19.1 Å². The van der Waals surface area contributed by atoms with Crippen molar-refractivity contribution in [3.05, 3.63) is 74.9 Å². The minimum absolute atomic E-state index is 0.0980. The first-order valence-electron chi connectivity index (χ1n) is 9.51. The van der Waals surface area contributed by atoms with Gasteiger partial charge < -0.3 is 10.1 Å². The van der Waals surface area contributed by atoms with Gasteiger partial charge in [0.1, 0.15) is 16.5 Å². The van der Waals surface area contributed by atoms with E-state index in [0.29, 0.717) is 21.4 Å². The molecule has 0 fully saturated rings. The highest BCUT2D eigenvalue weighted by Crippen LogP contribution is 2.37. The fourth-order valence-corrected chi connectivity index (χ4v) is 4.16. The highest BCUT2D eigenvalue weighted by atomic mass is 35.5. The third kappa shape index (κ3) is 4.56. The Morgan fingerprint density at radius 2 is 1.82 bits per heavy atom. The van der Waals surface area contributed by atoms with Crippen LogP contribution in [0.5, 0.6) is 5.75 Å². The average molecular weight is 503 g/mol. The van der Waals surface area contributed by atoms with Gasteiger partial charge >= 0.3 is 0 Å². The van der Waals surface area contributed by atoms with Crippen LogP contribution in [0.1, 0.15) is 16.1 Å². The molecule has 2 aromatic carbocycles. The van der Waals surface area contributed by atoms with Gasteiger partial charge in [0.25, 0.3) is 17.7 Å². The Bertz CT molecular complexity index is 1300. The van der Waals surface area contributed by atoms with E-state index in [9.17, 15) is 14.4 Å². The zero-order valence-electron chi connectivity index (χ0n) is 17.3. The number of benzene rings is 2. The maximum absolute atomic E-state index is 13.0. The van der Waals surface area contributed by atoms with Gasteiger partial charge in [-0.25, -0.2) is 9.88 Å². The molecule has 0 spiro atoms. The van der Waals surface area contributed by atoms with E-state index < -0.39 is 11.8 Å². The first-order chi connectivity index (χ1) is 15.8. The summed E-state index contributed by atoms with van der Waals surface area (Å²) >= 11 is 13.6. The van der Waals surface area contributed by atoms with Crippen molar-refractivity contribution in [3.8, 4) is 5.75 Å². The van der Waals surface area contributed by atoms with E-state index in [-0.39, 0.29) is 28.1 Å². The smallest absolute Gasteiger partial charge is 0.283 e. The first-order valence-corrected chi connectivity index (χ1v) is 11.1. The number of aromatic nitrogens is 1. The second-order valence-corrected chi connectivity index (χ2v) is 8.57. The van der Waals surface area contributed by atoms with Crippen molar-refractivity contribution in [2.45, 2.75) is 6.92 Å². The van der Waals surface area contributed by atoms with Gasteiger partial charge in [0.2, 0.25) is 0 Å². The van der Waals surface area contributed by atoms with Crippen LogP contribution in [-0.2, 0) is 9.59 Å². The van der Waals surface area contributed by atoms with Crippen molar-refractivity contribution in [2.75, 3.05) is 22.6 Å². The van der Waals surface area contributed by atoms with Crippen LogP contribution in [0.2, 0.25) is 5.02 Å². The molecule has 11 heteroatoms. The van der Waals surface area contributed by atoms with E-state index in [1.165, 1.54) is 24.5 Å². The summed E-state index contributed by atoms with van der Waals surface area (Å²) in [6.07, 6.45) is 0. The molecule has 3 aromatic rings. The lowest BCUT2D eigenvalue weighted by Gasteiger charge is -2.18. The number of ether oxygens (including phenoxy) is 1. The number of anilines is 3. The zero-order valence-corrected chi connectivity index (χ0v) is 19.6. The summed E-state index contributed by atoms with van der Waals surface area (Å²) in [5.74, 6) is -1.40. The van der Waals surface area contributed by atoms with E-state index in [4.69, 9.17) is 27.9 Å². The second kappa shape index (κ2) is 9.22. The number of nitrogens with zero attached hydrogens (tertiary/aromatic N) is 2. The monoisotopic (exact) mass is 502 g/mol. The Balaban J connectivity index is 1.52. The van der Waals surface area contributed by atoms with Crippen molar-refractivity contribution >= 4 is 68.8 Å². The molecule has 0 unspecified atom stereocenters. The third-order valence-electron chi connectivity index (χ3n) is 4.67. The Hall–Kier alpha value is -3.40. The molecule has 0 saturated heterocycles. The highest BCUT2D eigenvalue weighted by molar-refractivity contribution is 7.13. The van der Waals surface area contributed by atoms with Crippen molar-refractivity contribution in [1.82, 2.24) is 4.98 Å². The number of thiazole rings is 1. The number of aryl methyl sites for hydroxylation is 1. The van der Waals surface area contributed by atoms with Crippen molar-refractivity contribution in [2.24, 2.45) is 0 Å². The van der Waals surface area contributed by atoms with E-state index in [1.807, 2.05) is 12.3 Å². The van der Waals surface area contributed by atoms with E-state index in [1.54, 1.807) is 36.4 Å². The number of hydrogen-bond donors (Lipinski definition) is 2. The number of hydrogen-bond acceptors (Lipinski definition) is 7. The van der Waals surface area contributed by atoms with Gasteiger partial charge in [-0.05, 0) is 49.4 Å². The zero-order chi connectivity index (χ0) is 23.7. The van der Waals surface area contributed by atoms with Crippen LogP contribution in [0, 0.1) is 6.92 Å². The van der Waals surface area contributed by atoms with Crippen LogP contribution >= 0.6 is 34.5 Å². The first kappa shape index (κ1) is 22.8. The molecule has 0 saturated carbocycles. The summed E-state index contributed by atoms with van der Waals surface area (Å²) in [4.78, 5) is 43.2. The molecule has 0 radical (unpaired) electrons. The molecule has 1 aliphatic rings. The van der Waals surface area contributed by atoms with E-state index in [0.717, 1.165) is 10.6 Å². The summed E-state index contributed by atoms with van der Waals surface area (Å²) in [5.41, 5.74) is 1.76. The molecule has 33 heavy (non-hydrogen) atoms. The number of imide groups is 1. The van der Waals surface area contributed by atoms with Gasteiger partial charge in [-0.3, -0.25) is 19.7 Å². The molecular formula is C22H16Cl2N4O4S. The SMILES string of the molecule is COc1ccc(Cl)cc1N1C(=O)C(Cl)=C(Nc2ccc(C(=O)Nc3nc(C)cs3)cc2)C1=O. The minimum atomic E-state index is -0.709. The molecular weight excluding hydrogens is 487 g/mol. The lowest BCUT2D eigenvalue weighted by Crippen LogP contribution is -2.32. The molecule has 0 aliphatic carbocycles. The predicted octanol–water partition coefficient (Wildman–Crippen LogP) is 4.80. The number of methoxy groups -OCH3 is 1. The maximum atomic E-state index is 13.0. The summed E-state index contributed by atoms with van der Waals surface area (Å²) in [6.45, 7) is 1.84. The number of carbonyl (C=O) groups excluding carboxylic acids is 3. The van der Waals surface area contributed by atoms with Crippen LogP contribution in [0.4, 0.5) is 16.5 Å². The number of carbonyl (C=O) groups is 3. The lowest BCUT2D eigenvalue weighted by atomic mass is 10.2. The topological polar surface area (TPSA) is 101 Å². The molecule has 168 valence electrons. The maximum Gasteiger partial charge on any atom is 0.283 e. The van der Waals surface area contributed by atoms with Gasteiger partial charge in [-0.15, -0.1) is 11.3 Å². The average Bonchev–Trinajstić information content (AvgIpc) is 3.29. The molecule has 1 aromatic heterocycles. The van der Waals surface area contributed by atoms with Crippen LogP contribution in [0.15, 0.2) is 58.6 Å². The standard InChI is InChI=1S/C22H16Cl2N4O4S/c1-11-10-33-22(25-11)27-19(29)12-3-6-14(7-4-12)26-18-17(24)20(30)28(21(18)31)15-9-13(23)5-8-16(15)32-2/h3-10,26H,1-2H3,(H,25,27,29). The van der Waals surface area contributed by atoms with Gasteiger partial charge in [-0.1, -0.05) is 23.2 Å².